The van der Waals surface area contributed by atoms with Crippen molar-refractivity contribution >= 4 is 51.8 Å². The molecule has 0 bridgehead atoms. The van der Waals surface area contributed by atoms with E-state index in [1.807, 2.05) is 37.3 Å². The van der Waals surface area contributed by atoms with Gasteiger partial charge in [0.05, 0.1) is 16.3 Å². The van der Waals surface area contributed by atoms with Gasteiger partial charge in [0.2, 0.25) is 0 Å². The van der Waals surface area contributed by atoms with E-state index in [-0.39, 0.29) is 26.7 Å². The zero-order valence-electron chi connectivity index (χ0n) is 25.4. The van der Waals surface area contributed by atoms with Crippen molar-refractivity contribution in [2.24, 2.45) is 18.9 Å². The summed E-state index contributed by atoms with van der Waals surface area (Å²) in [5.41, 5.74) is 2.10. The molecule has 2 aromatic heterocycles. The summed E-state index contributed by atoms with van der Waals surface area (Å²) in [6, 6.07) is 11.4. The fourth-order valence-electron chi connectivity index (χ4n) is 6.36. The van der Waals surface area contributed by atoms with Gasteiger partial charge in [0.15, 0.2) is 4.32 Å². The van der Waals surface area contributed by atoms with E-state index in [0.29, 0.717) is 52.2 Å². The molecule has 3 aromatic rings. The SMILES string of the molecule is CCCn1c(N2CC(C)CC(C)C2)c(C=C2SC(=S)N(c3c(C)n(C)n(-c4ccccc4)c3=O)C2=O)c(C)c(C#N)c1=O. The zero-order valence-corrected chi connectivity index (χ0v) is 27.0. The number of para-hydroxylation sites is 1. The largest absolute Gasteiger partial charge is 0.357 e. The first kappa shape index (κ1) is 30.6. The molecule has 0 aliphatic carbocycles. The quantitative estimate of drug-likeness (QED) is 0.280. The fraction of sp³-hybridized carbons (Fsp3) is 0.406. The van der Waals surface area contributed by atoms with E-state index in [1.54, 1.807) is 36.2 Å². The van der Waals surface area contributed by atoms with E-state index in [2.05, 4.69) is 24.8 Å². The van der Waals surface area contributed by atoms with Crippen LogP contribution in [0.3, 0.4) is 0 Å². The smallest absolute Gasteiger partial charge is 0.296 e. The van der Waals surface area contributed by atoms with E-state index in [1.165, 1.54) is 9.58 Å². The summed E-state index contributed by atoms with van der Waals surface area (Å²) in [6.45, 7) is 12.0. The molecular formula is C32H36N6O3S2. The van der Waals surface area contributed by atoms with Crippen LogP contribution in [0.4, 0.5) is 11.5 Å². The molecule has 0 N–H and O–H groups in total. The van der Waals surface area contributed by atoms with E-state index in [9.17, 15) is 19.6 Å². The normalized spacial score (nSPS) is 19.9. The third-order valence-electron chi connectivity index (χ3n) is 8.28. The average molecular weight is 617 g/mol. The highest BCUT2D eigenvalue weighted by atomic mass is 32.2. The van der Waals surface area contributed by atoms with Gasteiger partial charge in [-0.1, -0.05) is 63.0 Å². The van der Waals surface area contributed by atoms with Crippen LogP contribution in [0.2, 0.25) is 0 Å². The number of pyridine rings is 1. The fourth-order valence-corrected chi connectivity index (χ4v) is 7.61. The molecule has 0 saturated carbocycles. The van der Waals surface area contributed by atoms with Crippen molar-refractivity contribution in [3.8, 4) is 11.8 Å². The molecule has 11 heteroatoms. The topological polar surface area (TPSA) is 96.3 Å². The van der Waals surface area contributed by atoms with Crippen LogP contribution in [-0.4, -0.2) is 37.2 Å². The number of thiocarbonyl (C=S) groups is 1. The highest BCUT2D eigenvalue weighted by molar-refractivity contribution is 8.27. The highest BCUT2D eigenvalue weighted by Gasteiger charge is 2.38. The number of hydrogen-bond acceptors (Lipinski definition) is 7. The predicted octanol–water partition coefficient (Wildman–Crippen LogP) is 5.12. The minimum atomic E-state index is -0.404. The van der Waals surface area contributed by atoms with Crippen molar-refractivity contribution < 1.29 is 4.79 Å². The molecule has 1 amide bonds. The van der Waals surface area contributed by atoms with E-state index in [4.69, 9.17) is 12.2 Å². The molecule has 0 spiro atoms. The number of carbonyl (C=O) groups excluding carboxylic acids is 1. The summed E-state index contributed by atoms with van der Waals surface area (Å²) in [5.74, 6) is 1.17. The molecule has 2 atom stereocenters. The second-order valence-electron chi connectivity index (χ2n) is 11.6. The van der Waals surface area contributed by atoms with E-state index < -0.39 is 5.91 Å². The molecule has 2 saturated heterocycles. The molecule has 1 aromatic carbocycles. The number of piperidine rings is 1. The minimum absolute atomic E-state index is 0.0710. The summed E-state index contributed by atoms with van der Waals surface area (Å²) in [5, 5.41) is 9.99. The first-order valence-electron chi connectivity index (χ1n) is 14.5. The maximum Gasteiger partial charge on any atom is 0.296 e. The van der Waals surface area contributed by atoms with Crippen molar-refractivity contribution in [3.63, 3.8) is 0 Å². The number of rotatable bonds is 6. The van der Waals surface area contributed by atoms with Crippen molar-refractivity contribution in [1.29, 1.82) is 5.26 Å². The van der Waals surface area contributed by atoms with Gasteiger partial charge in [0.25, 0.3) is 17.0 Å². The Morgan fingerprint density at radius 3 is 2.33 bits per heavy atom. The summed E-state index contributed by atoms with van der Waals surface area (Å²) in [7, 11) is 1.78. The number of nitrogens with zero attached hydrogens (tertiary/aromatic N) is 6. The molecule has 2 aliphatic heterocycles. The van der Waals surface area contributed by atoms with Crippen LogP contribution >= 0.6 is 24.0 Å². The number of amides is 1. The van der Waals surface area contributed by atoms with Gasteiger partial charge >= 0.3 is 0 Å². The number of thioether (sulfide) groups is 1. The van der Waals surface area contributed by atoms with Crippen LogP contribution in [0.15, 0.2) is 44.8 Å². The Morgan fingerprint density at radius 1 is 1.07 bits per heavy atom. The van der Waals surface area contributed by atoms with Gasteiger partial charge < -0.3 is 4.90 Å². The Labute approximate surface area is 261 Å². The predicted molar refractivity (Wildman–Crippen MR) is 177 cm³/mol. The molecule has 2 unspecified atom stereocenters. The maximum atomic E-state index is 14.1. The Bertz CT molecular complexity index is 1800. The van der Waals surface area contributed by atoms with E-state index >= 15 is 0 Å². The summed E-state index contributed by atoms with van der Waals surface area (Å²) < 4.78 is 5.19. The first-order valence-corrected chi connectivity index (χ1v) is 15.8. The Morgan fingerprint density at radius 2 is 1.72 bits per heavy atom. The van der Waals surface area contributed by atoms with Gasteiger partial charge in [-0.3, -0.25) is 28.5 Å². The van der Waals surface area contributed by atoms with Crippen LogP contribution in [0.25, 0.3) is 11.8 Å². The summed E-state index contributed by atoms with van der Waals surface area (Å²) in [6.07, 6.45) is 3.56. The lowest BCUT2D eigenvalue weighted by Crippen LogP contribution is -2.43. The van der Waals surface area contributed by atoms with Gasteiger partial charge in [-0.25, -0.2) is 4.68 Å². The Kier molecular flexibility index (Phi) is 8.54. The molecule has 224 valence electrons. The van der Waals surface area contributed by atoms with Crippen molar-refractivity contribution in [2.45, 2.75) is 54.0 Å². The van der Waals surface area contributed by atoms with Crippen LogP contribution in [0.5, 0.6) is 0 Å². The van der Waals surface area contributed by atoms with E-state index in [0.717, 1.165) is 37.1 Å². The number of anilines is 2. The van der Waals surface area contributed by atoms with Crippen molar-refractivity contribution in [1.82, 2.24) is 13.9 Å². The van der Waals surface area contributed by atoms with Gasteiger partial charge in [0, 0.05) is 32.2 Å². The number of hydrogen-bond donors (Lipinski definition) is 0. The number of carbonyl (C=O) groups is 1. The van der Waals surface area contributed by atoms with Gasteiger partial charge in [-0.15, -0.1) is 0 Å². The van der Waals surface area contributed by atoms with Crippen molar-refractivity contribution in [2.75, 3.05) is 22.9 Å². The number of nitriles is 1. The average Bonchev–Trinajstić information content (AvgIpc) is 3.35. The molecule has 0 radical (unpaired) electrons. The minimum Gasteiger partial charge on any atom is -0.357 e. The van der Waals surface area contributed by atoms with Crippen LogP contribution in [-0.2, 0) is 18.4 Å². The summed E-state index contributed by atoms with van der Waals surface area (Å²) >= 11 is 6.82. The molecule has 5 rings (SSSR count). The monoisotopic (exact) mass is 616 g/mol. The lowest BCUT2D eigenvalue weighted by atomic mass is 9.91. The zero-order chi connectivity index (χ0) is 31.2. The molecule has 43 heavy (non-hydrogen) atoms. The Balaban J connectivity index is 1.68. The van der Waals surface area contributed by atoms with Crippen LogP contribution in [0, 0.1) is 37.0 Å². The third kappa shape index (κ3) is 5.27. The lowest BCUT2D eigenvalue weighted by molar-refractivity contribution is -0.113. The van der Waals surface area contributed by atoms with Gasteiger partial charge in [0.1, 0.15) is 23.1 Å². The van der Waals surface area contributed by atoms with Gasteiger partial charge in [-0.05, 0) is 62.3 Å². The standard InChI is InChI=1S/C32H36N6O3S2/c1-7-13-36-28(35-17-19(2)14-20(3)18-35)24(21(4)25(16-33)29(36)39)15-26-30(40)37(32(42)43-26)27-22(5)34(6)38(31(27)41)23-11-9-8-10-12-23/h8-12,15,19-20H,7,13-14,17-18H2,1-6H3. The summed E-state index contributed by atoms with van der Waals surface area (Å²) in [4.78, 5) is 45.3. The second kappa shape index (κ2) is 12.0. The molecule has 9 nitrogen and oxygen atoms in total. The number of aromatic nitrogens is 3. The molecule has 4 heterocycles. The first-order chi connectivity index (χ1) is 20.5. The second-order valence-corrected chi connectivity index (χ2v) is 13.3. The molecular weight excluding hydrogens is 581 g/mol. The Hall–Kier alpha value is -3.88. The van der Waals surface area contributed by atoms with Crippen LogP contribution in [0.1, 0.15) is 56.0 Å². The van der Waals surface area contributed by atoms with Crippen molar-refractivity contribution in [3.05, 3.63) is 78.3 Å². The maximum absolute atomic E-state index is 14.1. The molecule has 2 fully saturated rings. The number of benzene rings is 1. The lowest BCUT2D eigenvalue weighted by Gasteiger charge is -2.39. The molecule has 2 aliphatic rings. The highest BCUT2D eigenvalue weighted by Crippen LogP contribution is 2.39. The van der Waals surface area contributed by atoms with Crippen LogP contribution < -0.4 is 20.9 Å². The van der Waals surface area contributed by atoms with Gasteiger partial charge in [-0.2, -0.15) is 5.26 Å². The third-order valence-corrected chi connectivity index (χ3v) is 9.58.